The van der Waals surface area contributed by atoms with Gasteiger partial charge in [-0.05, 0) is 6.92 Å². The molecule has 0 atom stereocenters. The number of esters is 1. The van der Waals surface area contributed by atoms with Crippen LogP contribution >= 0.6 is 0 Å². The van der Waals surface area contributed by atoms with Crippen LogP contribution in [0.15, 0.2) is 18.2 Å². The Morgan fingerprint density at radius 2 is 1.94 bits per heavy atom. The van der Waals surface area contributed by atoms with Gasteiger partial charge >= 0.3 is 5.97 Å². The first-order valence-electron chi connectivity index (χ1n) is 5.64. The number of ether oxygens (including phenoxy) is 1. The number of hydrogen-bond donors (Lipinski definition) is 0. The molecule has 1 rings (SSSR count). The summed E-state index contributed by atoms with van der Waals surface area (Å²) in [5.41, 5.74) is -0.789. The topological polar surface area (TPSA) is 43.4 Å². The van der Waals surface area contributed by atoms with Gasteiger partial charge < -0.3 is 4.74 Å². The molecule has 0 fully saturated rings. The molecule has 0 heterocycles. The summed E-state index contributed by atoms with van der Waals surface area (Å²) < 4.78 is 30.4. The molecule has 1 aromatic carbocycles. The van der Waals surface area contributed by atoms with Crippen molar-refractivity contribution in [2.45, 2.75) is 26.7 Å². The Morgan fingerprint density at radius 1 is 1.28 bits per heavy atom. The van der Waals surface area contributed by atoms with Crippen LogP contribution in [-0.4, -0.2) is 18.4 Å². The number of halogens is 2. The smallest absolute Gasteiger partial charge is 0.339 e. The summed E-state index contributed by atoms with van der Waals surface area (Å²) in [6.45, 7) is 3.24. The lowest BCUT2D eigenvalue weighted by atomic mass is 9.97. The summed E-state index contributed by atoms with van der Waals surface area (Å²) in [5, 5.41) is 0. The minimum atomic E-state index is -2.82. The Kier molecular flexibility index (Phi) is 4.95. The van der Waals surface area contributed by atoms with Crippen LogP contribution < -0.4 is 0 Å². The maximum atomic E-state index is 12.9. The molecule has 5 heteroatoms. The van der Waals surface area contributed by atoms with Crippen LogP contribution in [0.1, 0.15) is 53.0 Å². The Hall–Kier alpha value is -1.78. The van der Waals surface area contributed by atoms with Crippen LogP contribution in [0.4, 0.5) is 8.78 Å². The van der Waals surface area contributed by atoms with E-state index in [0.717, 1.165) is 6.07 Å². The number of benzene rings is 1. The maximum absolute atomic E-state index is 12.9. The van der Waals surface area contributed by atoms with Gasteiger partial charge in [0.1, 0.15) is 0 Å². The van der Waals surface area contributed by atoms with Crippen molar-refractivity contribution in [1.82, 2.24) is 0 Å². The van der Waals surface area contributed by atoms with Crippen molar-refractivity contribution in [3.63, 3.8) is 0 Å². The lowest BCUT2D eigenvalue weighted by Crippen LogP contribution is -2.14. The van der Waals surface area contributed by atoms with Gasteiger partial charge in [0.2, 0.25) is 0 Å². The SMILES string of the molecule is CCOC(=O)c1c(C(=O)CC)cccc1C(F)F. The average Bonchev–Trinajstić information content (AvgIpc) is 2.37. The first-order valence-corrected chi connectivity index (χ1v) is 5.64. The zero-order valence-corrected chi connectivity index (χ0v) is 10.2. The average molecular weight is 256 g/mol. The lowest BCUT2D eigenvalue weighted by Gasteiger charge is -2.12. The molecule has 0 amide bonds. The number of carbonyl (C=O) groups excluding carboxylic acids is 2. The van der Waals surface area contributed by atoms with Crippen molar-refractivity contribution >= 4 is 11.8 Å². The van der Waals surface area contributed by atoms with Crippen molar-refractivity contribution in [2.75, 3.05) is 6.61 Å². The molecule has 18 heavy (non-hydrogen) atoms. The fraction of sp³-hybridized carbons (Fsp3) is 0.385. The van der Waals surface area contributed by atoms with E-state index in [0.29, 0.717) is 0 Å². The summed E-state index contributed by atoms with van der Waals surface area (Å²) in [6.07, 6.45) is -2.69. The molecular formula is C13H14F2O3. The third-order valence-electron chi connectivity index (χ3n) is 2.43. The van der Waals surface area contributed by atoms with Crippen LogP contribution in [-0.2, 0) is 4.74 Å². The normalized spacial score (nSPS) is 10.5. The fourth-order valence-electron chi connectivity index (χ4n) is 1.61. The highest BCUT2D eigenvalue weighted by Crippen LogP contribution is 2.27. The van der Waals surface area contributed by atoms with E-state index in [1.54, 1.807) is 13.8 Å². The minimum absolute atomic E-state index is 0.00579. The Morgan fingerprint density at radius 3 is 2.44 bits per heavy atom. The van der Waals surface area contributed by atoms with Crippen LogP contribution in [0.2, 0.25) is 0 Å². The van der Waals surface area contributed by atoms with Gasteiger partial charge in [0.05, 0.1) is 12.2 Å². The zero-order valence-electron chi connectivity index (χ0n) is 10.2. The number of ketones is 1. The van der Waals surface area contributed by atoms with Gasteiger partial charge in [-0.15, -0.1) is 0 Å². The molecule has 3 nitrogen and oxygen atoms in total. The van der Waals surface area contributed by atoms with E-state index < -0.39 is 18.0 Å². The number of rotatable bonds is 5. The molecule has 98 valence electrons. The van der Waals surface area contributed by atoms with E-state index in [2.05, 4.69) is 0 Å². The fourth-order valence-corrected chi connectivity index (χ4v) is 1.61. The van der Waals surface area contributed by atoms with Gasteiger partial charge in [-0.2, -0.15) is 0 Å². The molecule has 0 radical (unpaired) electrons. The molecular weight excluding hydrogens is 242 g/mol. The standard InChI is InChI=1S/C13H14F2O3/c1-3-10(16)8-6-5-7-9(12(14)15)11(8)13(17)18-4-2/h5-7,12H,3-4H2,1-2H3. The molecule has 1 aromatic rings. The summed E-state index contributed by atoms with van der Waals surface area (Å²) in [5.74, 6) is -1.24. The lowest BCUT2D eigenvalue weighted by molar-refractivity contribution is 0.0512. The second-order valence-corrected chi connectivity index (χ2v) is 3.57. The predicted molar refractivity (Wildman–Crippen MR) is 62.0 cm³/mol. The quantitative estimate of drug-likeness (QED) is 0.599. The molecule has 0 saturated carbocycles. The van der Waals surface area contributed by atoms with Gasteiger partial charge in [-0.25, -0.2) is 13.6 Å². The van der Waals surface area contributed by atoms with Crippen LogP contribution in [0.5, 0.6) is 0 Å². The summed E-state index contributed by atoms with van der Waals surface area (Å²) in [7, 11) is 0. The van der Waals surface area contributed by atoms with Gasteiger partial charge in [-0.1, -0.05) is 25.1 Å². The molecule has 0 saturated heterocycles. The van der Waals surface area contributed by atoms with Crippen LogP contribution in [0.25, 0.3) is 0 Å². The molecule has 0 aliphatic heterocycles. The summed E-state index contributed by atoms with van der Waals surface area (Å²) in [6, 6.07) is 3.83. The Bertz CT molecular complexity index is 456. The monoisotopic (exact) mass is 256 g/mol. The van der Waals surface area contributed by atoms with Crippen molar-refractivity contribution in [3.05, 3.63) is 34.9 Å². The molecule has 0 aliphatic rings. The van der Waals surface area contributed by atoms with E-state index in [-0.39, 0.29) is 29.9 Å². The van der Waals surface area contributed by atoms with Crippen molar-refractivity contribution < 1.29 is 23.1 Å². The molecule has 0 spiro atoms. The van der Waals surface area contributed by atoms with Gasteiger partial charge in [-0.3, -0.25) is 4.79 Å². The van der Waals surface area contributed by atoms with Gasteiger partial charge in [0, 0.05) is 17.5 Å². The van der Waals surface area contributed by atoms with E-state index in [1.807, 2.05) is 0 Å². The highest BCUT2D eigenvalue weighted by Gasteiger charge is 2.25. The number of carbonyl (C=O) groups is 2. The van der Waals surface area contributed by atoms with Crippen LogP contribution in [0.3, 0.4) is 0 Å². The van der Waals surface area contributed by atoms with E-state index >= 15 is 0 Å². The number of hydrogen-bond acceptors (Lipinski definition) is 3. The van der Waals surface area contributed by atoms with E-state index in [4.69, 9.17) is 4.74 Å². The Balaban J connectivity index is 3.38. The molecule has 0 aromatic heterocycles. The molecule has 0 bridgehead atoms. The third kappa shape index (κ3) is 2.91. The van der Waals surface area contributed by atoms with Crippen molar-refractivity contribution in [1.29, 1.82) is 0 Å². The molecule has 0 aliphatic carbocycles. The second kappa shape index (κ2) is 6.23. The summed E-state index contributed by atoms with van der Waals surface area (Å²) in [4.78, 5) is 23.4. The minimum Gasteiger partial charge on any atom is -0.462 e. The third-order valence-corrected chi connectivity index (χ3v) is 2.43. The predicted octanol–water partition coefficient (Wildman–Crippen LogP) is 3.39. The van der Waals surface area contributed by atoms with Crippen molar-refractivity contribution in [2.24, 2.45) is 0 Å². The highest BCUT2D eigenvalue weighted by molar-refractivity contribution is 6.07. The van der Waals surface area contributed by atoms with Gasteiger partial charge in [0.25, 0.3) is 6.43 Å². The molecule has 0 N–H and O–H groups in total. The van der Waals surface area contributed by atoms with Crippen LogP contribution in [0, 0.1) is 0 Å². The maximum Gasteiger partial charge on any atom is 0.339 e. The first kappa shape index (κ1) is 14.3. The second-order valence-electron chi connectivity index (χ2n) is 3.57. The number of Topliss-reactive ketones (excluding diaryl/α,β-unsaturated/α-hetero) is 1. The van der Waals surface area contributed by atoms with E-state index in [9.17, 15) is 18.4 Å². The van der Waals surface area contributed by atoms with Crippen molar-refractivity contribution in [3.8, 4) is 0 Å². The van der Waals surface area contributed by atoms with Gasteiger partial charge in [0.15, 0.2) is 5.78 Å². The number of alkyl halides is 2. The summed E-state index contributed by atoms with van der Waals surface area (Å²) >= 11 is 0. The van der Waals surface area contributed by atoms with E-state index in [1.165, 1.54) is 12.1 Å². The first-order chi connectivity index (χ1) is 8.52. The molecule has 0 unspecified atom stereocenters. The zero-order chi connectivity index (χ0) is 13.7. The Labute approximate surface area is 104 Å². The largest absolute Gasteiger partial charge is 0.462 e. The highest BCUT2D eigenvalue weighted by atomic mass is 19.3.